The fourth-order valence-electron chi connectivity index (χ4n) is 2.30. The first kappa shape index (κ1) is 19.8. The largest absolute Gasteiger partial charge is 0.497 e. The van der Waals surface area contributed by atoms with E-state index in [4.69, 9.17) is 9.47 Å². The van der Waals surface area contributed by atoms with Gasteiger partial charge in [-0.15, -0.1) is 0 Å². The third-order valence-electron chi connectivity index (χ3n) is 3.49. The van der Waals surface area contributed by atoms with Crippen LogP contribution >= 0.6 is 0 Å². The van der Waals surface area contributed by atoms with Crippen molar-refractivity contribution in [2.24, 2.45) is 0 Å². The van der Waals surface area contributed by atoms with Crippen LogP contribution in [0.2, 0.25) is 0 Å². The predicted molar refractivity (Wildman–Crippen MR) is 102 cm³/mol. The summed E-state index contributed by atoms with van der Waals surface area (Å²) in [5.74, 6) is -0.139. The molecule has 3 N–H and O–H groups in total. The second-order valence-electron chi connectivity index (χ2n) is 5.60. The minimum Gasteiger partial charge on any atom is -0.497 e. The molecule has 27 heavy (non-hydrogen) atoms. The summed E-state index contributed by atoms with van der Waals surface area (Å²) in [4.78, 5) is 35.2. The van der Waals surface area contributed by atoms with Crippen LogP contribution in [0.15, 0.2) is 42.5 Å². The van der Waals surface area contributed by atoms with Gasteiger partial charge in [-0.25, -0.2) is 0 Å². The molecule has 2 rings (SSSR count). The van der Waals surface area contributed by atoms with E-state index in [-0.39, 0.29) is 12.3 Å². The van der Waals surface area contributed by atoms with Gasteiger partial charge < -0.3 is 25.4 Å². The summed E-state index contributed by atoms with van der Waals surface area (Å²) in [6.07, 6.45) is -0.367. The van der Waals surface area contributed by atoms with Crippen molar-refractivity contribution in [2.75, 3.05) is 30.2 Å². The van der Waals surface area contributed by atoms with E-state index in [0.717, 1.165) is 0 Å². The Hall–Kier alpha value is -3.55. The van der Waals surface area contributed by atoms with Gasteiger partial charge >= 0.3 is 0 Å². The van der Waals surface area contributed by atoms with Crippen LogP contribution in [-0.4, -0.2) is 31.9 Å². The molecular formula is C19H21N3O5. The Bertz CT molecular complexity index is 834. The molecular weight excluding hydrogens is 350 g/mol. The van der Waals surface area contributed by atoms with Crippen molar-refractivity contribution in [3.63, 3.8) is 0 Å². The minimum atomic E-state index is -0.492. The molecule has 0 aliphatic rings. The molecule has 142 valence electrons. The molecule has 0 bridgehead atoms. The highest BCUT2D eigenvalue weighted by atomic mass is 16.5. The highest BCUT2D eigenvalue weighted by Crippen LogP contribution is 2.29. The SMILES string of the molecule is COc1ccc(OC)c(NC(=O)CC(=O)Nc2ccc(NC(C)=O)cc2)c1. The fraction of sp³-hybridized carbons (Fsp3) is 0.211. The molecule has 0 fully saturated rings. The molecule has 0 radical (unpaired) electrons. The molecule has 0 aliphatic heterocycles. The van der Waals surface area contributed by atoms with Gasteiger partial charge in [0.2, 0.25) is 17.7 Å². The molecule has 0 spiro atoms. The van der Waals surface area contributed by atoms with Crippen molar-refractivity contribution in [1.82, 2.24) is 0 Å². The highest BCUT2D eigenvalue weighted by Gasteiger charge is 2.13. The van der Waals surface area contributed by atoms with Gasteiger partial charge in [-0.05, 0) is 36.4 Å². The van der Waals surface area contributed by atoms with Crippen LogP contribution in [-0.2, 0) is 14.4 Å². The number of hydrogen-bond acceptors (Lipinski definition) is 5. The van der Waals surface area contributed by atoms with Gasteiger partial charge in [0.05, 0.1) is 19.9 Å². The van der Waals surface area contributed by atoms with Crippen LogP contribution in [0.1, 0.15) is 13.3 Å². The van der Waals surface area contributed by atoms with Crippen LogP contribution in [0.4, 0.5) is 17.1 Å². The normalized spacial score (nSPS) is 9.89. The topological polar surface area (TPSA) is 106 Å². The van der Waals surface area contributed by atoms with Gasteiger partial charge in [-0.1, -0.05) is 0 Å². The van der Waals surface area contributed by atoms with E-state index in [9.17, 15) is 14.4 Å². The maximum atomic E-state index is 12.1. The van der Waals surface area contributed by atoms with E-state index >= 15 is 0 Å². The van der Waals surface area contributed by atoms with Gasteiger partial charge in [0, 0.05) is 24.4 Å². The number of benzene rings is 2. The van der Waals surface area contributed by atoms with E-state index in [1.807, 2.05) is 0 Å². The zero-order valence-corrected chi connectivity index (χ0v) is 15.3. The van der Waals surface area contributed by atoms with Crippen LogP contribution in [0.5, 0.6) is 11.5 Å². The Kier molecular flexibility index (Phi) is 6.76. The first-order valence-corrected chi connectivity index (χ1v) is 8.10. The van der Waals surface area contributed by atoms with E-state index in [0.29, 0.717) is 28.6 Å². The molecule has 0 atom stereocenters. The lowest BCUT2D eigenvalue weighted by molar-refractivity contribution is -0.123. The maximum absolute atomic E-state index is 12.1. The molecule has 0 saturated heterocycles. The molecule has 0 heterocycles. The zero-order chi connectivity index (χ0) is 19.8. The minimum absolute atomic E-state index is 0.184. The molecule has 3 amide bonds. The molecule has 2 aromatic rings. The van der Waals surface area contributed by atoms with Crippen molar-refractivity contribution in [3.8, 4) is 11.5 Å². The number of carbonyl (C=O) groups excluding carboxylic acids is 3. The molecule has 0 unspecified atom stereocenters. The summed E-state index contributed by atoms with van der Waals surface area (Å²) >= 11 is 0. The molecule has 8 nitrogen and oxygen atoms in total. The number of carbonyl (C=O) groups is 3. The number of ether oxygens (including phenoxy) is 2. The Morgan fingerprint density at radius 3 is 1.96 bits per heavy atom. The van der Waals surface area contributed by atoms with Crippen LogP contribution in [0.3, 0.4) is 0 Å². The summed E-state index contributed by atoms with van der Waals surface area (Å²) in [6.45, 7) is 1.41. The van der Waals surface area contributed by atoms with E-state index in [2.05, 4.69) is 16.0 Å². The Morgan fingerprint density at radius 1 is 0.815 bits per heavy atom. The third-order valence-corrected chi connectivity index (χ3v) is 3.49. The molecule has 0 saturated carbocycles. The predicted octanol–water partition coefficient (Wildman–Crippen LogP) is 2.63. The molecule has 0 aromatic heterocycles. The van der Waals surface area contributed by atoms with Crippen molar-refractivity contribution in [3.05, 3.63) is 42.5 Å². The average Bonchev–Trinajstić information content (AvgIpc) is 2.62. The second kappa shape index (κ2) is 9.23. The summed E-state index contributed by atoms with van der Waals surface area (Å²) in [5, 5.41) is 7.88. The van der Waals surface area contributed by atoms with Crippen molar-refractivity contribution in [2.45, 2.75) is 13.3 Å². The Balaban J connectivity index is 1.94. The first-order chi connectivity index (χ1) is 12.9. The smallest absolute Gasteiger partial charge is 0.233 e. The van der Waals surface area contributed by atoms with E-state index in [1.165, 1.54) is 21.1 Å². The fourth-order valence-corrected chi connectivity index (χ4v) is 2.30. The number of rotatable bonds is 7. The molecule has 2 aromatic carbocycles. The summed E-state index contributed by atoms with van der Waals surface area (Å²) in [7, 11) is 2.99. The lowest BCUT2D eigenvalue weighted by Crippen LogP contribution is -2.21. The van der Waals surface area contributed by atoms with Gasteiger partial charge in [-0.2, -0.15) is 0 Å². The second-order valence-corrected chi connectivity index (χ2v) is 5.60. The number of nitrogens with one attached hydrogen (secondary N) is 3. The summed E-state index contributed by atoms with van der Waals surface area (Å²) < 4.78 is 10.3. The number of anilines is 3. The average molecular weight is 371 g/mol. The molecule has 8 heteroatoms. The standard InChI is InChI=1S/C19H21N3O5/c1-12(23)20-13-4-6-14(7-5-13)21-18(24)11-19(25)22-16-10-15(26-2)8-9-17(16)27-3/h4-10H,11H2,1-3H3,(H,20,23)(H,21,24)(H,22,25). The number of methoxy groups -OCH3 is 2. The molecule has 0 aliphatic carbocycles. The number of amides is 3. The third kappa shape index (κ3) is 6.03. The summed E-state index contributed by atoms with van der Waals surface area (Å²) in [6, 6.07) is 11.5. The highest BCUT2D eigenvalue weighted by molar-refractivity contribution is 6.08. The Labute approximate surface area is 156 Å². The quantitative estimate of drug-likeness (QED) is 0.649. The summed E-state index contributed by atoms with van der Waals surface area (Å²) in [5.41, 5.74) is 1.54. The number of hydrogen-bond donors (Lipinski definition) is 3. The maximum Gasteiger partial charge on any atom is 0.233 e. The Morgan fingerprint density at radius 2 is 1.41 bits per heavy atom. The van der Waals surface area contributed by atoms with Gasteiger partial charge in [0.25, 0.3) is 0 Å². The zero-order valence-electron chi connectivity index (χ0n) is 15.3. The van der Waals surface area contributed by atoms with Gasteiger partial charge in [-0.3, -0.25) is 14.4 Å². The lowest BCUT2D eigenvalue weighted by atomic mass is 10.2. The van der Waals surface area contributed by atoms with Crippen LogP contribution in [0, 0.1) is 0 Å². The van der Waals surface area contributed by atoms with E-state index < -0.39 is 11.8 Å². The van der Waals surface area contributed by atoms with Gasteiger partial charge in [0.1, 0.15) is 17.9 Å². The van der Waals surface area contributed by atoms with Crippen molar-refractivity contribution >= 4 is 34.8 Å². The van der Waals surface area contributed by atoms with Crippen LogP contribution < -0.4 is 25.4 Å². The van der Waals surface area contributed by atoms with Crippen molar-refractivity contribution in [1.29, 1.82) is 0 Å². The van der Waals surface area contributed by atoms with Crippen LogP contribution in [0.25, 0.3) is 0 Å². The lowest BCUT2D eigenvalue weighted by Gasteiger charge is -2.12. The van der Waals surface area contributed by atoms with E-state index in [1.54, 1.807) is 42.5 Å². The van der Waals surface area contributed by atoms with Gasteiger partial charge in [0.15, 0.2) is 0 Å². The first-order valence-electron chi connectivity index (χ1n) is 8.10. The monoisotopic (exact) mass is 371 g/mol. The van der Waals surface area contributed by atoms with Crippen molar-refractivity contribution < 1.29 is 23.9 Å².